The van der Waals surface area contributed by atoms with Crippen LogP contribution in [0.25, 0.3) is 11.2 Å². The summed E-state index contributed by atoms with van der Waals surface area (Å²) in [4.78, 5) is 13.1. The molecule has 2 aromatic rings. The second kappa shape index (κ2) is 4.91. The van der Waals surface area contributed by atoms with Crippen LogP contribution in [0.5, 0.6) is 0 Å². The van der Waals surface area contributed by atoms with Gasteiger partial charge in [-0.15, -0.1) is 0 Å². The number of aromatic nitrogens is 3. The van der Waals surface area contributed by atoms with Gasteiger partial charge in [0.2, 0.25) is 0 Å². The van der Waals surface area contributed by atoms with Crippen LogP contribution in [0.4, 0.5) is 5.82 Å². The maximum absolute atomic E-state index is 5.89. The van der Waals surface area contributed by atoms with Crippen molar-refractivity contribution in [2.45, 2.75) is 44.8 Å². The maximum Gasteiger partial charge on any atom is 0.180 e. The molecule has 0 radical (unpaired) electrons. The number of ether oxygens (including phenoxy) is 1. The molecular formula is C16H20N4O. The standard InChI is InChI=1S/C16H20N4O/c1-2-21-13-10-12(16(13)6-3-7-16)19-14-5-4-11-15(20-14)18-9-8-17-11/h4-5,8-9,12-13H,2-3,6-7,10H2,1H3,(H,18,19,20). The van der Waals surface area contributed by atoms with Gasteiger partial charge in [-0.2, -0.15) is 0 Å². The van der Waals surface area contributed by atoms with Crippen molar-refractivity contribution in [1.29, 1.82) is 0 Å². The Morgan fingerprint density at radius 2 is 2.14 bits per heavy atom. The van der Waals surface area contributed by atoms with E-state index in [1.807, 2.05) is 12.1 Å². The number of hydrogen-bond donors (Lipinski definition) is 1. The Morgan fingerprint density at radius 3 is 2.90 bits per heavy atom. The highest BCUT2D eigenvalue weighted by Crippen LogP contribution is 2.58. The minimum atomic E-state index is 0.342. The number of fused-ring (bicyclic) bond motifs is 1. The molecule has 5 heteroatoms. The normalized spacial score (nSPS) is 26.3. The van der Waals surface area contributed by atoms with E-state index in [2.05, 4.69) is 27.2 Å². The Morgan fingerprint density at radius 1 is 1.29 bits per heavy atom. The van der Waals surface area contributed by atoms with Gasteiger partial charge in [0, 0.05) is 30.5 Å². The molecule has 2 unspecified atom stereocenters. The Hall–Kier alpha value is -1.75. The summed E-state index contributed by atoms with van der Waals surface area (Å²) in [5.74, 6) is 0.897. The Bertz CT molecular complexity index is 656. The average Bonchev–Trinajstić information content (AvgIpc) is 2.44. The third kappa shape index (κ3) is 1.99. The van der Waals surface area contributed by atoms with E-state index in [-0.39, 0.29) is 0 Å². The van der Waals surface area contributed by atoms with Gasteiger partial charge in [0.05, 0.1) is 6.10 Å². The van der Waals surface area contributed by atoms with Crippen LogP contribution in [0.3, 0.4) is 0 Å². The van der Waals surface area contributed by atoms with Crippen molar-refractivity contribution in [3.8, 4) is 0 Å². The van der Waals surface area contributed by atoms with Gasteiger partial charge >= 0.3 is 0 Å². The van der Waals surface area contributed by atoms with Crippen molar-refractivity contribution in [3.63, 3.8) is 0 Å². The molecule has 2 aromatic heterocycles. The molecule has 2 atom stereocenters. The fraction of sp³-hybridized carbons (Fsp3) is 0.562. The number of anilines is 1. The first kappa shape index (κ1) is 13.0. The lowest BCUT2D eigenvalue weighted by Crippen LogP contribution is -2.64. The molecular weight excluding hydrogens is 264 g/mol. The van der Waals surface area contributed by atoms with Crippen LogP contribution < -0.4 is 5.32 Å². The second-order valence-electron chi connectivity index (χ2n) is 6.06. The summed E-state index contributed by atoms with van der Waals surface area (Å²) in [6.45, 7) is 2.89. The smallest absolute Gasteiger partial charge is 0.180 e. The molecule has 0 saturated heterocycles. The summed E-state index contributed by atoms with van der Waals surface area (Å²) in [5, 5.41) is 3.59. The van der Waals surface area contributed by atoms with Crippen LogP contribution in [-0.2, 0) is 4.74 Å². The molecule has 0 aromatic carbocycles. The van der Waals surface area contributed by atoms with E-state index in [4.69, 9.17) is 4.74 Å². The van der Waals surface area contributed by atoms with E-state index in [9.17, 15) is 0 Å². The number of nitrogens with one attached hydrogen (secondary N) is 1. The van der Waals surface area contributed by atoms with Gasteiger partial charge in [-0.05, 0) is 38.3 Å². The van der Waals surface area contributed by atoms with Crippen LogP contribution in [0, 0.1) is 5.41 Å². The van der Waals surface area contributed by atoms with Crippen LogP contribution in [0.15, 0.2) is 24.5 Å². The highest BCUT2D eigenvalue weighted by Gasteiger charge is 2.59. The number of hydrogen-bond acceptors (Lipinski definition) is 5. The van der Waals surface area contributed by atoms with Gasteiger partial charge in [0.25, 0.3) is 0 Å². The molecule has 2 heterocycles. The minimum absolute atomic E-state index is 0.342. The SMILES string of the molecule is CCOC1CC(Nc2ccc3nccnc3n2)C12CCC2. The van der Waals surface area contributed by atoms with Crippen molar-refractivity contribution >= 4 is 17.0 Å². The Balaban J connectivity index is 1.52. The summed E-state index contributed by atoms with van der Waals surface area (Å²) >= 11 is 0. The third-order valence-corrected chi connectivity index (χ3v) is 5.09. The first-order chi connectivity index (χ1) is 10.3. The molecule has 0 bridgehead atoms. The summed E-state index contributed by atoms with van der Waals surface area (Å²) in [6, 6.07) is 4.45. The highest BCUT2D eigenvalue weighted by atomic mass is 16.5. The van der Waals surface area contributed by atoms with Crippen LogP contribution >= 0.6 is 0 Å². The highest BCUT2D eigenvalue weighted by molar-refractivity contribution is 5.71. The van der Waals surface area contributed by atoms with Crippen molar-refractivity contribution in [3.05, 3.63) is 24.5 Å². The summed E-state index contributed by atoms with van der Waals surface area (Å²) in [7, 11) is 0. The summed E-state index contributed by atoms with van der Waals surface area (Å²) in [6.07, 6.45) is 8.73. The van der Waals surface area contributed by atoms with E-state index in [0.29, 0.717) is 23.2 Å². The van der Waals surface area contributed by atoms with Crippen LogP contribution in [-0.4, -0.2) is 33.7 Å². The predicted octanol–water partition coefficient (Wildman–Crippen LogP) is 2.78. The molecule has 110 valence electrons. The van der Waals surface area contributed by atoms with Gasteiger partial charge in [0.1, 0.15) is 11.3 Å². The van der Waals surface area contributed by atoms with E-state index in [0.717, 1.165) is 24.4 Å². The predicted molar refractivity (Wildman–Crippen MR) is 81.1 cm³/mol. The number of pyridine rings is 1. The zero-order chi connectivity index (χ0) is 14.3. The molecule has 2 fully saturated rings. The first-order valence-corrected chi connectivity index (χ1v) is 7.78. The lowest BCUT2D eigenvalue weighted by Gasteiger charge is -2.61. The zero-order valence-corrected chi connectivity index (χ0v) is 12.2. The Kier molecular flexibility index (Phi) is 3.03. The van der Waals surface area contributed by atoms with Crippen molar-refractivity contribution in [2.24, 2.45) is 5.41 Å². The van der Waals surface area contributed by atoms with Gasteiger partial charge < -0.3 is 10.1 Å². The third-order valence-electron chi connectivity index (χ3n) is 5.09. The van der Waals surface area contributed by atoms with Gasteiger partial charge in [-0.25, -0.2) is 9.97 Å². The lowest BCUT2D eigenvalue weighted by atomic mass is 9.51. The summed E-state index contributed by atoms with van der Waals surface area (Å²) in [5.41, 5.74) is 1.88. The average molecular weight is 284 g/mol. The monoisotopic (exact) mass is 284 g/mol. The lowest BCUT2D eigenvalue weighted by molar-refractivity contribution is -0.157. The molecule has 4 rings (SSSR count). The molecule has 21 heavy (non-hydrogen) atoms. The van der Waals surface area contributed by atoms with E-state index in [1.165, 1.54) is 19.3 Å². The van der Waals surface area contributed by atoms with Gasteiger partial charge in [0.15, 0.2) is 5.65 Å². The van der Waals surface area contributed by atoms with Gasteiger partial charge in [-0.3, -0.25) is 4.98 Å². The molecule has 2 aliphatic carbocycles. The Labute approximate surface area is 124 Å². The second-order valence-corrected chi connectivity index (χ2v) is 6.06. The fourth-order valence-corrected chi connectivity index (χ4v) is 3.75. The molecule has 1 N–H and O–H groups in total. The van der Waals surface area contributed by atoms with Crippen molar-refractivity contribution in [1.82, 2.24) is 15.0 Å². The van der Waals surface area contributed by atoms with Gasteiger partial charge in [-0.1, -0.05) is 6.42 Å². The van der Waals surface area contributed by atoms with E-state index in [1.54, 1.807) is 12.4 Å². The fourth-order valence-electron chi connectivity index (χ4n) is 3.75. The van der Waals surface area contributed by atoms with Crippen LogP contribution in [0.1, 0.15) is 32.6 Å². The van der Waals surface area contributed by atoms with Crippen LogP contribution in [0.2, 0.25) is 0 Å². The topological polar surface area (TPSA) is 59.9 Å². The molecule has 1 spiro atoms. The molecule has 0 amide bonds. The zero-order valence-electron chi connectivity index (χ0n) is 12.2. The van der Waals surface area contributed by atoms with Crippen molar-refractivity contribution < 1.29 is 4.74 Å². The van der Waals surface area contributed by atoms with Crippen molar-refractivity contribution in [2.75, 3.05) is 11.9 Å². The largest absolute Gasteiger partial charge is 0.378 e. The molecule has 2 saturated carbocycles. The number of nitrogens with zero attached hydrogens (tertiary/aromatic N) is 3. The van der Waals surface area contributed by atoms with E-state index < -0.39 is 0 Å². The van der Waals surface area contributed by atoms with E-state index >= 15 is 0 Å². The number of rotatable bonds is 4. The molecule has 2 aliphatic rings. The quantitative estimate of drug-likeness (QED) is 0.935. The summed E-state index contributed by atoms with van der Waals surface area (Å²) < 4.78 is 5.89. The molecule has 5 nitrogen and oxygen atoms in total. The molecule has 0 aliphatic heterocycles. The first-order valence-electron chi connectivity index (χ1n) is 7.78. The maximum atomic E-state index is 5.89. The minimum Gasteiger partial charge on any atom is -0.378 e.